The Labute approximate surface area is 149 Å². The number of nitrogens with zero attached hydrogens (tertiary/aromatic N) is 1. The van der Waals surface area contributed by atoms with Gasteiger partial charge in [0.15, 0.2) is 5.43 Å². The monoisotopic (exact) mass is 358 g/mol. The molecule has 2 heterocycles. The Morgan fingerprint density at radius 2 is 1.88 bits per heavy atom. The largest absolute Gasteiger partial charge is 0.466 e. The predicted octanol–water partition coefficient (Wildman–Crippen LogP) is 1.23. The minimum Gasteiger partial charge on any atom is -0.466 e. The Hall–Kier alpha value is -3.13. The van der Waals surface area contributed by atoms with Gasteiger partial charge in [-0.2, -0.15) is 0 Å². The highest BCUT2D eigenvalue weighted by atomic mass is 16.5. The van der Waals surface area contributed by atoms with Gasteiger partial charge in [-0.3, -0.25) is 4.79 Å². The summed E-state index contributed by atoms with van der Waals surface area (Å²) in [5, 5.41) is 0.461. The number of aromatic amines is 1. The van der Waals surface area contributed by atoms with E-state index in [0.717, 1.165) is 5.69 Å². The fourth-order valence-corrected chi connectivity index (χ4v) is 2.88. The van der Waals surface area contributed by atoms with Crippen molar-refractivity contribution >= 4 is 28.5 Å². The molecule has 0 radical (unpaired) electrons. The third-order valence-electron chi connectivity index (χ3n) is 4.09. The molecule has 1 aromatic heterocycles. The molecule has 3 rings (SSSR count). The van der Waals surface area contributed by atoms with Crippen molar-refractivity contribution in [1.82, 2.24) is 4.98 Å². The number of rotatable bonds is 3. The van der Waals surface area contributed by atoms with E-state index in [1.165, 1.54) is 25.2 Å². The number of nitrogens with one attached hydrogen (secondary N) is 1. The first-order valence-electron chi connectivity index (χ1n) is 7.85. The minimum absolute atomic E-state index is 0.0280. The second kappa shape index (κ2) is 7.01. The van der Waals surface area contributed by atoms with E-state index >= 15 is 0 Å². The molecule has 2 aromatic rings. The number of aromatic nitrogens is 1. The van der Waals surface area contributed by atoms with Crippen LogP contribution in [0.1, 0.15) is 5.69 Å². The number of methoxy groups -OCH3 is 2. The van der Waals surface area contributed by atoms with Gasteiger partial charge < -0.3 is 24.1 Å². The van der Waals surface area contributed by atoms with E-state index in [-0.39, 0.29) is 30.0 Å². The summed E-state index contributed by atoms with van der Waals surface area (Å²) in [4.78, 5) is 41.2. The van der Waals surface area contributed by atoms with Gasteiger partial charge in [0.25, 0.3) is 0 Å². The molecule has 8 nitrogen and oxygen atoms in total. The van der Waals surface area contributed by atoms with Crippen LogP contribution in [0.15, 0.2) is 40.3 Å². The van der Waals surface area contributed by atoms with Crippen molar-refractivity contribution in [3.63, 3.8) is 0 Å². The van der Waals surface area contributed by atoms with Gasteiger partial charge in [0.1, 0.15) is 12.4 Å². The number of aryl methyl sites for hydroxylation is 1. The summed E-state index contributed by atoms with van der Waals surface area (Å²) < 4.78 is 15.0. The van der Waals surface area contributed by atoms with Crippen molar-refractivity contribution in [1.29, 1.82) is 0 Å². The molecule has 0 saturated carbocycles. The van der Waals surface area contributed by atoms with Crippen LogP contribution in [0.25, 0.3) is 10.9 Å². The number of hydrogen-bond acceptors (Lipinski definition) is 7. The van der Waals surface area contributed by atoms with Crippen LogP contribution in [0, 0.1) is 6.92 Å². The minimum atomic E-state index is -0.688. The molecule has 0 spiro atoms. The van der Waals surface area contributed by atoms with E-state index in [1.807, 2.05) is 0 Å². The molecular formula is C18H18N2O6. The van der Waals surface area contributed by atoms with Crippen LogP contribution in [0.3, 0.4) is 0 Å². The van der Waals surface area contributed by atoms with Crippen LogP contribution >= 0.6 is 0 Å². The van der Waals surface area contributed by atoms with Crippen LogP contribution in [-0.2, 0) is 23.8 Å². The summed E-state index contributed by atoms with van der Waals surface area (Å²) >= 11 is 0. The van der Waals surface area contributed by atoms with Crippen molar-refractivity contribution < 1.29 is 23.8 Å². The Balaban J connectivity index is 2.17. The Kier molecular flexibility index (Phi) is 4.77. The van der Waals surface area contributed by atoms with Gasteiger partial charge in [0.2, 0.25) is 0 Å². The summed E-state index contributed by atoms with van der Waals surface area (Å²) in [5.41, 5.74) is 1.89. The van der Waals surface area contributed by atoms with Gasteiger partial charge in [-0.1, -0.05) is 0 Å². The Morgan fingerprint density at radius 3 is 2.58 bits per heavy atom. The lowest BCUT2D eigenvalue weighted by atomic mass is 10.1. The zero-order valence-electron chi connectivity index (χ0n) is 14.6. The molecule has 1 aliphatic heterocycles. The topological polar surface area (TPSA) is 97.9 Å². The molecule has 1 N–H and O–H groups in total. The molecule has 0 saturated heterocycles. The normalized spacial score (nSPS) is 14.5. The van der Waals surface area contributed by atoms with Crippen LogP contribution in [-0.4, -0.2) is 44.5 Å². The standard InChI is InChI=1S/C18H18N2O6/c1-10-6-15(21)12-7-11(4-5-14(12)19-10)20-9-26-8-13(17(22)24-2)16(20)18(23)25-3/h4-7H,8-9H2,1-3H3,(H,19,21). The molecule has 0 fully saturated rings. The number of ether oxygens (including phenoxy) is 3. The summed E-state index contributed by atoms with van der Waals surface area (Å²) in [5.74, 6) is -1.36. The molecule has 0 aliphatic carbocycles. The van der Waals surface area contributed by atoms with Crippen molar-refractivity contribution in [2.75, 3.05) is 32.5 Å². The smallest absolute Gasteiger partial charge is 0.355 e. The molecule has 8 heteroatoms. The summed E-state index contributed by atoms with van der Waals surface area (Å²) in [7, 11) is 2.45. The van der Waals surface area contributed by atoms with Gasteiger partial charge in [0, 0.05) is 28.4 Å². The Bertz CT molecular complexity index is 975. The number of hydrogen-bond donors (Lipinski definition) is 1. The van der Waals surface area contributed by atoms with Crippen molar-refractivity contribution in [2.45, 2.75) is 6.92 Å². The quantitative estimate of drug-likeness (QED) is 0.824. The number of anilines is 1. The van der Waals surface area contributed by atoms with Crippen LogP contribution < -0.4 is 10.3 Å². The second-order valence-corrected chi connectivity index (χ2v) is 5.76. The predicted molar refractivity (Wildman–Crippen MR) is 93.7 cm³/mol. The average Bonchev–Trinajstić information content (AvgIpc) is 2.65. The highest BCUT2D eigenvalue weighted by molar-refractivity contribution is 6.03. The van der Waals surface area contributed by atoms with E-state index < -0.39 is 11.9 Å². The highest BCUT2D eigenvalue weighted by Crippen LogP contribution is 2.28. The lowest BCUT2D eigenvalue weighted by Gasteiger charge is -2.31. The lowest BCUT2D eigenvalue weighted by molar-refractivity contribution is -0.140. The molecule has 1 aliphatic rings. The van der Waals surface area contributed by atoms with Gasteiger partial charge in [-0.05, 0) is 25.1 Å². The zero-order valence-corrected chi connectivity index (χ0v) is 14.6. The second-order valence-electron chi connectivity index (χ2n) is 5.76. The molecule has 0 amide bonds. The van der Waals surface area contributed by atoms with Gasteiger partial charge >= 0.3 is 11.9 Å². The fourth-order valence-electron chi connectivity index (χ4n) is 2.88. The maximum absolute atomic E-state index is 12.3. The maximum Gasteiger partial charge on any atom is 0.355 e. The summed E-state index contributed by atoms with van der Waals surface area (Å²) in [6, 6.07) is 6.60. The van der Waals surface area contributed by atoms with Gasteiger partial charge in [0.05, 0.1) is 26.4 Å². The van der Waals surface area contributed by atoms with E-state index in [0.29, 0.717) is 16.6 Å². The first kappa shape index (κ1) is 17.7. The van der Waals surface area contributed by atoms with Crippen LogP contribution in [0.4, 0.5) is 5.69 Å². The summed E-state index contributed by atoms with van der Waals surface area (Å²) in [6.07, 6.45) is 0. The number of benzene rings is 1. The third-order valence-corrected chi connectivity index (χ3v) is 4.09. The van der Waals surface area contributed by atoms with E-state index in [2.05, 4.69) is 4.98 Å². The molecular weight excluding hydrogens is 340 g/mol. The zero-order chi connectivity index (χ0) is 18.8. The van der Waals surface area contributed by atoms with E-state index in [4.69, 9.17) is 14.2 Å². The number of H-pyrrole nitrogens is 1. The lowest BCUT2D eigenvalue weighted by Crippen LogP contribution is -2.38. The van der Waals surface area contributed by atoms with Crippen LogP contribution in [0.5, 0.6) is 0 Å². The Morgan fingerprint density at radius 1 is 1.15 bits per heavy atom. The highest BCUT2D eigenvalue weighted by Gasteiger charge is 2.32. The van der Waals surface area contributed by atoms with Gasteiger partial charge in [-0.15, -0.1) is 0 Å². The molecule has 0 unspecified atom stereocenters. The maximum atomic E-state index is 12.3. The number of pyridine rings is 1. The molecule has 0 atom stereocenters. The van der Waals surface area contributed by atoms with Crippen molar-refractivity contribution in [3.05, 3.63) is 51.5 Å². The average molecular weight is 358 g/mol. The molecule has 26 heavy (non-hydrogen) atoms. The first-order valence-corrected chi connectivity index (χ1v) is 7.85. The van der Waals surface area contributed by atoms with Crippen molar-refractivity contribution in [3.8, 4) is 0 Å². The number of esters is 2. The number of carbonyl (C=O) groups excluding carboxylic acids is 2. The summed E-state index contributed by atoms with van der Waals surface area (Å²) in [6.45, 7) is 1.76. The molecule has 136 valence electrons. The SMILES string of the molecule is COC(=O)C1=C(C(=O)OC)N(c2ccc3[nH]c(C)cc(=O)c3c2)COC1. The first-order chi connectivity index (χ1) is 12.5. The van der Waals surface area contributed by atoms with Crippen molar-refractivity contribution in [2.24, 2.45) is 0 Å². The number of fused-ring (bicyclic) bond motifs is 1. The third kappa shape index (κ3) is 3.06. The van der Waals surface area contributed by atoms with Gasteiger partial charge in [-0.25, -0.2) is 9.59 Å². The van der Waals surface area contributed by atoms with E-state index in [1.54, 1.807) is 25.1 Å². The fraction of sp³-hybridized carbons (Fsp3) is 0.278. The molecule has 1 aromatic carbocycles. The number of carbonyl (C=O) groups is 2. The van der Waals surface area contributed by atoms with E-state index in [9.17, 15) is 14.4 Å². The van der Waals surface area contributed by atoms with Crippen LogP contribution in [0.2, 0.25) is 0 Å². The molecule has 0 bridgehead atoms.